The number of carbonyl (C=O) groups is 2. The summed E-state index contributed by atoms with van der Waals surface area (Å²) in [6.45, 7) is 2.01. The monoisotopic (exact) mass is 356 g/mol. The second kappa shape index (κ2) is 7.63. The van der Waals surface area contributed by atoms with E-state index in [0.717, 1.165) is 11.3 Å². The zero-order valence-corrected chi connectivity index (χ0v) is 14.2. The summed E-state index contributed by atoms with van der Waals surface area (Å²) in [7, 11) is 0. The number of para-hydroxylation sites is 1. The van der Waals surface area contributed by atoms with E-state index in [4.69, 9.17) is 4.42 Å². The third-order valence-corrected chi connectivity index (χ3v) is 4.33. The first-order valence-electron chi connectivity index (χ1n) is 7.53. The van der Waals surface area contributed by atoms with Crippen molar-refractivity contribution in [1.82, 2.24) is 10.3 Å². The molecule has 0 fully saturated rings. The van der Waals surface area contributed by atoms with Crippen LogP contribution in [0.2, 0.25) is 0 Å². The number of aromatic nitrogens is 1. The van der Waals surface area contributed by atoms with Crippen LogP contribution in [0.15, 0.2) is 53.1 Å². The number of anilines is 2. The Balaban J connectivity index is 1.59. The second-order valence-corrected chi connectivity index (χ2v) is 6.14. The van der Waals surface area contributed by atoms with E-state index in [1.165, 1.54) is 0 Å². The number of urea groups is 1. The molecule has 3 rings (SSSR count). The lowest BCUT2D eigenvalue weighted by Crippen LogP contribution is -2.22. The fourth-order valence-corrected chi connectivity index (χ4v) is 2.98. The fourth-order valence-electron chi connectivity index (χ4n) is 2.10. The number of amides is 3. The quantitative estimate of drug-likeness (QED) is 0.650. The molecule has 0 bridgehead atoms. The summed E-state index contributed by atoms with van der Waals surface area (Å²) in [6.07, 6.45) is 1.55. The normalized spacial score (nSPS) is 10.3. The minimum atomic E-state index is -0.414. The third kappa shape index (κ3) is 4.45. The van der Waals surface area contributed by atoms with Crippen molar-refractivity contribution in [3.63, 3.8) is 0 Å². The highest BCUT2D eigenvalue weighted by atomic mass is 32.1. The second-order valence-electron chi connectivity index (χ2n) is 5.14. The Hall–Kier alpha value is -3.13. The summed E-state index contributed by atoms with van der Waals surface area (Å²) in [4.78, 5) is 28.9. The van der Waals surface area contributed by atoms with E-state index in [1.54, 1.807) is 37.5 Å². The van der Waals surface area contributed by atoms with Gasteiger partial charge in [-0.1, -0.05) is 29.5 Å². The maximum atomic E-state index is 12.2. The third-order valence-electron chi connectivity index (χ3n) is 3.26. The molecule has 0 radical (unpaired) electrons. The summed E-state index contributed by atoms with van der Waals surface area (Å²) in [5, 5.41) is 8.44. The zero-order chi connectivity index (χ0) is 17.6. The number of carbonyl (C=O) groups excluding carboxylic acids is 2. The highest BCUT2D eigenvalue weighted by molar-refractivity contribution is 7.17. The van der Waals surface area contributed by atoms with Crippen molar-refractivity contribution < 1.29 is 14.0 Å². The van der Waals surface area contributed by atoms with Gasteiger partial charge in [0.15, 0.2) is 5.13 Å². The molecule has 7 nitrogen and oxygen atoms in total. The Morgan fingerprint density at radius 3 is 2.64 bits per heavy atom. The molecule has 0 saturated heterocycles. The Morgan fingerprint density at radius 2 is 1.92 bits per heavy atom. The van der Waals surface area contributed by atoms with Crippen molar-refractivity contribution in [2.45, 2.75) is 13.5 Å². The molecule has 0 saturated carbocycles. The maximum absolute atomic E-state index is 12.2. The fraction of sp³-hybridized carbons (Fsp3) is 0.118. The standard InChI is InChI=1S/C17H16N4O3S/c1-11-14(15(22)18-10-13-8-5-9-24-13)25-17(19-11)21-16(23)20-12-6-3-2-4-7-12/h2-9H,10H2,1H3,(H,18,22)(H2,19,20,21,23). The average molecular weight is 356 g/mol. The molecule has 3 aromatic rings. The van der Waals surface area contributed by atoms with Gasteiger partial charge in [0, 0.05) is 5.69 Å². The van der Waals surface area contributed by atoms with Crippen LogP contribution in [0, 0.1) is 6.92 Å². The summed E-state index contributed by atoms with van der Waals surface area (Å²) >= 11 is 1.12. The lowest BCUT2D eigenvalue weighted by Gasteiger charge is -2.04. The molecule has 8 heteroatoms. The summed E-state index contributed by atoms with van der Waals surface area (Å²) < 4.78 is 5.17. The average Bonchev–Trinajstić information content (AvgIpc) is 3.23. The zero-order valence-electron chi connectivity index (χ0n) is 13.4. The van der Waals surface area contributed by atoms with E-state index in [1.807, 2.05) is 18.2 Å². The minimum Gasteiger partial charge on any atom is -0.467 e. The molecule has 1 aromatic carbocycles. The van der Waals surface area contributed by atoms with E-state index < -0.39 is 6.03 Å². The van der Waals surface area contributed by atoms with E-state index in [2.05, 4.69) is 20.9 Å². The summed E-state index contributed by atoms with van der Waals surface area (Å²) in [6, 6.07) is 12.2. The molecule has 128 valence electrons. The number of aryl methyl sites for hydroxylation is 1. The highest BCUT2D eigenvalue weighted by Gasteiger charge is 2.16. The molecule has 2 aromatic heterocycles. The van der Waals surface area contributed by atoms with Gasteiger partial charge < -0.3 is 15.1 Å². The molecule has 0 aliphatic heterocycles. The van der Waals surface area contributed by atoms with E-state index in [9.17, 15) is 9.59 Å². The molecule has 2 heterocycles. The number of hydrogen-bond donors (Lipinski definition) is 3. The summed E-state index contributed by atoms with van der Waals surface area (Å²) in [5.41, 5.74) is 1.22. The van der Waals surface area contributed by atoms with Crippen LogP contribution in [0.3, 0.4) is 0 Å². The molecule has 0 aliphatic carbocycles. The van der Waals surface area contributed by atoms with E-state index >= 15 is 0 Å². The number of thiazole rings is 1. The lowest BCUT2D eigenvalue weighted by molar-refractivity contribution is 0.0951. The SMILES string of the molecule is Cc1nc(NC(=O)Nc2ccccc2)sc1C(=O)NCc1ccco1. The van der Waals surface area contributed by atoms with Gasteiger partial charge in [0.2, 0.25) is 0 Å². The van der Waals surface area contributed by atoms with Gasteiger partial charge in [0.1, 0.15) is 10.6 Å². The predicted octanol–water partition coefficient (Wildman–Crippen LogP) is 3.62. The van der Waals surface area contributed by atoms with Gasteiger partial charge in [-0.25, -0.2) is 9.78 Å². The summed E-state index contributed by atoms with van der Waals surface area (Å²) in [5.74, 6) is 0.402. The predicted molar refractivity (Wildman–Crippen MR) is 95.8 cm³/mol. The van der Waals surface area contributed by atoms with E-state index in [0.29, 0.717) is 33.7 Å². The van der Waals surface area contributed by atoms with Crippen molar-refractivity contribution in [1.29, 1.82) is 0 Å². The van der Waals surface area contributed by atoms with Crippen molar-refractivity contribution in [2.75, 3.05) is 10.6 Å². The van der Waals surface area contributed by atoms with Crippen LogP contribution >= 0.6 is 11.3 Å². The Morgan fingerprint density at radius 1 is 1.12 bits per heavy atom. The van der Waals surface area contributed by atoms with Gasteiger partial charge >= 0.3 is 6.03 Å². The smallest absolute Gasteiger partial charge is 0.325 e. The molecule has 0 unspecified atom stereocenters. The van der Waals surface area contributed by atoms with Gasteiger partial charge in [-0.15, -0.1) is 0 Å². The van der Waals surface area contributed by atoms with Crippen molar-refractivity contribution in [2.24, 2.45) is 0 Å². The van der Waals surface area contributed by atoms with Crippen molar-refractivity contribution in [3.8, 4) is 0 Å². The Labute approximate surface area is 148 Å². The van der Waals surface area contributed by atoms with Gasteiger partial charge in [-0.3, -0.25) is 10.1 Å². The number of benzene rings is 1. The van der Waals surface area contributed by atoms with Crippen molar-refractivity contribution in [3.05, 3.63) is 65.1 Å². The lowest BCUT2D eigenvalue weighted by atomic mass is 10.3. The first kappa shape index (κ1) is 16.7. The van der Waals surface area contributed by atoms with E-state index in [-0.39, 0.29) is 5.91 Å². The minimum absolute atomic E-state index is 0.261. The molecule has 0 aliphatic rings. The van der Waals surface area contributed by atoms with Gasteiger partial charge in [0.05, 0.1) is 18.5 Å². The number of hydrogen-bond acceptors (Lipinski definition) is 5. The van der Waals surface area contributed by atoms with Crippen LogP contribution < -0.4 is 16.0 Å². The van der Waals surface area contributed by atoms with Crippen LogP contribution in [-0.4, -0.2) is 16.9 Å². The Bertz CT molecular complexity index is 859. The molecule has 3 amide bonds. The molecule has 0 atom stereocenters. The first-order chi connectivity index (χ1) is 12.1. The van der Waals surface area contributed by atoms with Crippen LogP contribution in [0.1, 0.15) is 21.1 Å². The number of furan rings is 1. The maximum Gasteiger partial charge on any atom is 0.325 e. The number of rotatable bonds is 5. The number of nitrogens with zero attached hydrogens (tertiary/aromatic N) is 1. The molecular formula is C17H16N4O3S. The van der Waals surface area contributed by atoms with Gasteiger partial charge in [-0.2, -0.15) is 0 Å². The number of nitrogens with one attached hydrogen (secondary N) is 3. The molecule has 3 N–H and O–H groups in total. The molecule has 25 heavy (non-hydrogen) atoms. The van der Waals surface area contributed by atoms with Crippen LogP contribution in [-0.2, 0) is 6.54 Å². The van der Waals surface area contributed by atoms with Crippen LogP contribution in [0.4, 0.5) is 15.6 Å². The molecular weight excluding hydrogens is 340 g/mol. The highest BCUT2D eigenvalue weighted by Crippen LogP contribution is 2.22. The van der Waals surface area contributed by atoms with Crippen LogP contribution in [0.25, 0.3) is 0 Å². The van der Waals surface area contributed by atoms with Crippen molar-refractivity contribution >= 4 is 34.1 Å². The van der Waals surface area contributed by atoms with Crippen LogP contribution in [0.5, 0.6) is 0 Å². The largest absolute Gasteiger partial charge is 0.467 e. The van der Waals surface area contributed by atoms with Gasteiger partial charge in [-0.05, 0) is 31.2 Å². The van der Waals surface area contributed by atoms with Gasteiger partial charge in [0.25, 0.3) is 5.91 Å². The Kier molecular flexibility index (Phi) is 5.10. The first-order valence-corrected chi connectivity index (χ1v) is 8.34. The molecule has 0 spiro atoms. The topological polar surface area (TPSA) is 96.3 Å².